The molecule has 1 saturated carbocycles. The van der Waals surface area contributed by atoms with Crippen LogP contribution < -0.4 is 15.4 Å². The number of hydrogen-bond donors (Lipinski definition) is 3. The molecule has 2 atom stereocenters. The van der Waals surface area contributed by atoms with Crippen molar-refractivity contribution in [1.29, 1.82) is 0 Å². The monoisotopic (exact) mass is 478 g/mol. The summed E-state index contributed by atoms with van der Waals surface area (Å²) < 4.78 is 26.0. The lowest BCUT2D eigenvalue weighted by molar-refractivity contribution is 0.0707. The molecule has 184 valence electrons. The number of nitrogens with zero attached hydrogens (tertiary/aromatic N) is 1. The lowest BCUT2D eigenvalue weighted by Gasteiger charge is -2.36. The van der Waals surface area contributed by atoms with Crippen molar-refractivity contribution < 1.29 is 18.0 Å². The van der Waals surface area contributed by atoms with Gasteiger partial charge in [-0.15, -0.1) is 0 Å². The topological polar surface area (TPSA) is 108 Å². The molecule has 3 amide bonds. The van der Waals surface area contributed by atoms with Gasteiger partial charge in [-0.1, -0.05) is 20.8 Å². The molecular weight excluding hydrogens is 440 g/mol. The first-order valence-corrected chi connectivity index (χ1v) is 13.5. The van der Waals surface area contributed by atoms with Crippen molar-refractivity contribution >= 4 is 22.0 Å². The zero-order valence-electron chi connectivity index (χ0n) is 20.2. The number of piperidine rings is 1. The Bertz CT molecular complexity index is 936. The Morgan fingerprint density at radius 1 is 1.09 bits per heavy atom. The maximum absolute atomic E-state index is 12.8. The van der Waals surface area contributed by atoms with Gasteiger partial charge in [-0.3, -0.25) is 4.79 Å². The summed E-state index contributed by atoms with van der Waals surface area (Å²) in [5.41, 5.74) is 0.308. The molecule has 1 heterocycles. The average molecular weight is 479 g/mol. The molecule has 33 heavy (non-hydrogen) atoms. The third-order valence-corrected chi connectivity index (χ3v) is 8.89. The number of hydrogen-bond acceptors (Lipinski definition) is 4. The van der Waals surface area contributed by atoms with Crippen LogP contribution in [0.3, 0.4) is 0 Å². The molecular formula is C24H38N4O4S. The number of carbonyl (C=O) groups excluding carboxylic acids is 2. The lowest BCUT2D eigenvalue weighted by atomic mass is 9.86. The van der Waals surface area contributed by atoms with Crippen LogP contribution in [0.2, 0.25) is 0 Å². The van der Waals surface area contributed by atoms with E-state index >= 15 is 0 Å². The second-order valence-corrected chi connectivity index (χ2v) is 11.4. The zero-order chi connectivity index (χ0) is 24.2. The van der Waals surface area contributed by atoms with E-state index in [2.05, 4.69) is 36.1 Å². The van der Waals surface area contributed by atoms with E-state index in [1.54, 1.807) is 17.0 Å². The minimum Gasteiger partial charge on any atom is -0.338 e. The molecule has 0 spiro atoms. The fourth-order valence-corrected chi connectivity index (χ4v) is 5.45. The largest absolute Gasteiger partial charge is 0.338 e. The Morgan fingerprint density at radius 3 is 2.15 bits per heavy atom. The zero-order valence-corrected chi connectivity index (χ0v) is 21.0. The Morgan fingerprint density at radius 2 is 1.67 bits per heavy atom. The summed E-state index contributed by atoms with van der Waals surface area (Å²) in [6, 6.07) is 5.88. The Balaban J connectivity index is 1.50. The Kier molecular flexibility index (Phi) is 8.05. The van der Waals surface area contributed by atoms with E-state index in [4.69, 9.17) is 0 Å². The van der Waals surface area contributed by atoms with Gasteiger partial charge in [-0.05, 0) is 81.7 Å². The molecule has 1 aliphatic heterocycles. The summed E-state index contributed by atoms with van der Waals surface area (Å²) >= 11 is 0. The van der Waals surface area contributed by atoms with E-state index in [0.29, 0.717) is 37.4 Å². The number of sulfonamides is 1. The van der Waals surface area contributed by atoms with E-state index in [-0.39, 0.29) is 28.4 Å². The Labute approximate surface area is 197 Å². The predicted molar refractivity (Wildman–Crippen MR) is 128 cm³/mol. The molecule has 1 aromatic rings. The fraction of sp³-hybridized carbons (Fsp3) is 0.667. The van der Waals surface area contributed by atoms with Crippen molar-refractivity contribution in [1.82, 2.24) is 20.3 Å². The van der Waals surface area contributed by atoms with Crippen molar-refractivity contribution in [2.75, 3.05) is 20.1 Å². The molecule has 2 fully saturated rings. The van der Waals surface area contributed by atoms with Gasteiger partial charge in [0.25, 0.3) is 5.91 Å². The molecule has 8 nitrogen and oxygen atoms in total. The number of amides is 3. The number of urea groups is 1. The van der Waals surface area contributed by atoms with E-state index in [9.17, 15) is 18.0 Å². The van der Waals surface area contributed by atoms with Gasteiger partial charge in [0.2, 0.25) is 10.0 Å². The van der Waals surface area contributed by atoms with E-state index in [0.717, 1.165) is 25.2 Å². The van der Waals surface area contributed by atoms with E-state index in [1.807, 2.05) is 0 Å². The number of rotatable bonds is 9. The molecule has 0 aromatic heterocycles. The summed E-state index contributed by atoms with van der Waals surface area (Å²) in [5, 5.41) is 6.38. The highest BCUT2D eigenvalue weighted by molar-refractivity contribution is 7.89. The van der Waals surface area contributed by atoms with Gasteiger partial charge in [-0.25, -0.2) is 17.9 Å². The van der Waals surface area contributed by atoms with Gasteiger partial charge >= 0.3 is 6.03 Å². The smallest absolute Gasteiger partial charge is 0.315 e. The molecule has 1 aliphatic carbocycles. The minimum atomic E-state index is -3.53. The first-order valence-electron chi connectivity index (χ1n) is 12.0. The van der Waals surface area contributed by atoms with Gasteiger partial charge in [0.05, 0.1) is 4.90 Å². The minimum absolute atomic E-state index is 0.0310. The highest BCUT2D eigenvalue weighted by Crippen LogP contribution is 2.44. The molecule has 0 radical (unpaired) electrons. The first kappa shape index (κ1) is 25.5. The van der Waals surface area contributed by atoms with Crippen LogP contribution in [0.4, 0.5) is 4.79 Å². The second kappa shape index (κ2) is 10.4. The van der Waals surface area contributed by atoms with Gasteiger partial charge in [0.1, 0.15) is 0 Å². The normalized spacial score (nSPS) is 21.5. The molecule has 9 heteroatoms. The van der Waals surface area contributed by atoms with Crippen molar-refractivity contribution in [2.24, 2.45) is 11.8 Å². The summed E-state index contributed by atoms with van der Waals surface area (Å²) in [6.45, 7) is 7.65. The first-order chi connectivity index (χ1) is 15.6. The number of nitrogens with one attached hydrogen (secondary N) is 3. The van der Waals surface area contributed by atoms with Crippen LogP contribution >= 0.6 is 0 Å². The van der Waals surface area contributed by atoms with Crippen molar-refractivity contribution in [3.05, 3.63) is 29.8 Å². The van der Waals surface area contributed by atoms with Crippen LogP contribution in [-0.2, 0) is 10.0 Å². The van der Waals surface area contributed by atoms with Crippen LogP contribution in [0.5, 0.6) is 0 Å². The fourth-order valence-electron chi connectivity index (χ4n) is 4.72. The highest BCUT2D eigenvalue weighted by atomic mass is 32.2. The number of benzene rings is 1. The van der Waals surface area contributed by atoms with E-state index < -0.39 is 10.0 Å². The average Bonchev–Trinajstić information content (AvgIpc) is 3.52. The standard InChI is InChI=1S/C24H38N4O4S/c1-5-24(6-2,16-19-15-17(19)3)27-23(30)26-20-11-13-28(14-12-20)22(29)18-7-9-21(10-8-18)33(31,32)25-4/h7-10,17,19-20,25H,5-6,11-16H2,1-4H3,(H2,26,27,30)/t17-,19?/m0/s1. The SMILES string of the molecule is CCC(CC)(CC1C[C@@H]1C)NC(=O)NC1CCN(C(=O)c2ccc(S(=O)(=O)NC)cc2)CC1. The maximum Gasteiger partial charge on any atom is 0.315 e. The van der Waals surface area contributed by atoms with Gasteiger partial charge < -0.3 is 15.5 Å². The second-order valence-electron chi connectivity index (χ2n) is 9.56. The van der Waals surface area contributed by atoms with Crippen molar-refractivity contribution in [3.63, 3.8) is 0 Å². The van der Waals surface area contributed by atoms with Crippen LogP contribution in [-0.4, -0.2) is 57.0 Å². The Hall–Kier alpha value is -2.13. The molecule has 0 bridgehead atoms. The molecule has 1 unspecified atom stereocenters. The van der Waals surface area contributed by atoms with Crippen LogP contribution in [0.1, 0.15) is 69.7 Å². The van der Waals surface area contributed by atoms with Gasteiger partial charge in [0, 0.05) is 30.2 Å². The third-order valence-electron chi connectivity index (χ3n) is 7.46. The van der Waals surface area contributed by atoms with Crippen LogP contribution in [0.15, 0.2) is 29.2 Å². The van der Waals surface area contributed by atoms with Gasteiger partial charge in [0.15, 0.2) is 0 Å². The third kappa shape index (κ3) is 6.26. The number of likely N-dealkylation sites (tertiary alicyclic amines) is 1. The highest BCUT2D eigenvalue weighted by Gasteiger charge is 2.40. The molecule has 2 aliphatic rings. The molecule has 1 aromatic carbocycles. The number of carbonyl (C=O) groups is 2. The van der Waals surface area contributed by atoms with E-state index in [1.165, 1.54) is 25.6 Å². The molecule has 1 saturated heterocycles. The molecule has 3 rings (SSSR count). The van der Waals surface area contributed by atoms with Gasteiger partial charge in [-0.2, -0.15) is 0 Å². The van der Waals surface area contributed by atoms with Crippen molar-refractivity contribution in [3.8, 4) is 0 Å². The van der Waals surface area contributed by atoms with Crippen LogP contribution in [0, 0.1) is 11.8 Å². The quantitative estimate of drug-likeness (QED) is 0.507. The maximum atomic E-state index is 12.8. The molecule has 3 N–H and O–H groups in total. The predicted octanol–water partition coefficient (Wildman–Crippen LogP) is 3.10. The summed E-state index contributed by atoms with van der Waals surface area (Å²) in [4.78, 5) is 27.5. The van der Waals surface area contributed by atoms with Crippen molar-refractivity contribution in [2.45, 2.75) is 75.8 Å². The lowest BCUT2D eigenvalue weighted by Crippen LogP contribution is -2.55. The summed E-state index contributed by atoms with van der Waals surface area (Å²) in [5.74, 6) is 1.35. The van der Waals surface area contributed by atoms with Crippen LogP contribution in [0.25, 0.3) is 0 Å². The summed E-state index contributed by atoms with van der Waals surface area (Å²) in [7, 11) is -2.18. The summed E-state index contributed by atoms with van der Waals surface area (Å²) in [6.07, 6.45) is 5.51.